The van der Waals surface area contributed by atoms with Crippen molar-refractivity contribution in [2.45, 2.75) is 6.92 Å². The second kappa shape index (κ2) is 7.44. The molecule has 8 heteroatoms. The molecule has 2 aliphatic rings. The first-order valence-electron chi connectivity index (χ1n) is 9.50. The van der Waals surface area contributed by atoms with Crippen LogP contribution in [0.3, 0.4) is 0 Å². The van der Waals surface area contributed by atoms with Gasteiger partial charge in [0.15, 0.2) is 0 Å². The number of aryl methyl sites for hydroxylation is 1. The summed E-state index contributed by atoms with van der Waals surface area (Å²) in [6, 6.07) is 6.23. The predicted octanol–water partition coefficient (Wildman–Crippen LogP) is 3.05. The number of pyridine rings is 1. The number of aromatic nitrogens is 4. The molecule has 0 radical (unpaired) electrons. The summed E-state index contributed by atoms with van der Waals surface area (Å²) in [4.78, 5) is 22.8. The van der Waals surface area contributed by atoms with Crippen molar-refractivity contribution >= 4 is 39.5 Å². The van der Waals surface area contributed by atoms with Gasteiger partial charge >= 0.3 is 0 Å². The number of aromatic amines is 1. The van der Waals surface area contributed by atoms with Gasteiger partial charge in [-0.2, -0.15) is 4.98 Å². The van der Waals surface area contributed by atoms with Crippen LogP contribution in [0.5, 0.6) is 0 Å². The summed E-state index contributed by atoms with van der Waals surface area (Å²) in [5.74, 6) is 2.75. The molecule has 0 amide bonds. The number of hydrogen-bond donors (Lipinski definition) is 1. The molecular formula is C20H22N6OS. The number of thioether (sulfide) groups is 1. The number of nitrogens with one attached hydrogen (secondary N) is 1. The SMILES string of the molecule is Cc1cc(N2C=C(c3ccnc4[nH]ccc34)SCC2)nc(N2CCOCC2)n1. The van der Waals surface area contributed by atoms with Crippen molar-refractivity contribution in [3.63, 3.8) is 0 Å². The van der Waals surface area contributed by atoms with Crippen LogP contribution in [0.2, 0.25) is 0 Å². The van der Waals surface area contributed by atoms with Gasteiger partial charge in [-0.25, -0.2) is 9.97 Å². The molecule has 1 saturated heterocycles. The van der Waals surface area contributed by atoms with Crippen molar-refractivity contribution in [3.8, 4) is 0 Å². The Hall–Kier alpha value is -2.58. The molecule has 0 spiro atoms. The van der Waals surface area contributed by atoms with Crippen LogP contribution in [0, 0.1) is 6.92 Å². The van der Waals surface area contributed by atoms with Crippen LogP contribution in [0.15, 0.2) is 36.8 Å². The molecule has 28 heavy (non-hydrogen) atoms. The number of fused-ring (bicyclic) bond motifs is 1. The number of anilines is 2. The number of rotatable bonds is 3. The molecule has 0 bridgehead atoms. The Morgan fingerprint density at radius 3 is 2.93 bits per heavy atom. The van der Waals surface area contributed by atoms with E-state index in [2.05, 4.69) is 49.2 Å². The Kier molecular flexibility index (Phi) is 4.66. The summed E-state index contributed by atoms with van der Waals surface area (Å²) in [6.45, 7) is 6.08. The molecule has 2 aliphatic heterocycles. The molecule has 7 nitrogen and oxygen atoms in total. The standard InChI is InChI=1S/C20H22N6OS/c1-14-12-18(24-20(23-14)25-6-9-27-10-7-25)26-8-11-28-17(13-26)15-2-4-21-19-16(15)3-5-22-19/h2-5,12-13H,6-11H2,1H3,(H,21,22). The Balaban J connectivity index is 1.50. The fourth-order valence-corrected chi connectivity index (χ4v) is 4.63. The number of nitrogens with zero attached hydrogens (tertiary/aromatic N) is 5. The third kappa shape index (κ3) is 3.33. The van der Waals surface area contributed by atoms with Crippen LogP contribution in [-0.2, 0) is 4.74 Å². The van der Waals surface area contributed by atoms with Crippen LogP contribution in [0.1, 0.15) is 11.3 Å². The highest BCUT2D eigenvalue weighted by molar-refractivity contribution is 8.08. The van der Waals surface area contributed by atoms with E-state index in [1.54, 1.807) is 0 Å². The third-order valence-corrected chi connectivity index (χ3v) is 6.03. The van der Waals surface area contributed by atoms with Gasteiger partial charge < -0.3 is 19.5 Å². The summed E-state index contributed by atoms with van der Waals surface area (Å²) in [7, 11) is 0. The monoisotopic (exact) mass is 394 g/mol. The van der Waals surface area contributed by atoms with E-state index in [0.717, 1.165) is 67.1 Å². The lowest BCUT2D eigenvalue weighted by molar-refractivity contribution is 0.122. The van der Waals surface area contributed by atoms with Crippen molar-refractivity contribution in [3.05, 3.63) is 48.1 Å². The molecule has 3 aromatic rings. The zero-order valence-corrected chi connectivity index (χ0v) is 16.6. The smallest absolute Gasteiger partial charge is 0.227 e. The minimum Gasteiger partial charge on any atom is -0.378 e. The van der Waals surface area contributed by atoms with Gasteiger partial charge in [0.2, 0.25) is 5.95 Å². The minimum atomic E-state index is 0.728. The topological polar surface area (TPSA) is 70.2 Å². The molecule has 1 N–H and O–H groups in total. The van der Waals surface area contributed by atoms with E-state index < -0.39 is 0 Å². The van der Waals surface area contributed by atoms with Crippen molar-refractivity contribution < 1.29 is 4.74 Å². The maximum atomic E-state index is 5.46. The van der Waals surface area contributed by atoms with Gasteiger partial charge in [0, 0.05) is 71.6 Å². The fraction of sp³-hybridized carbons (Fsp3) is 0.350. The van der Waals surface area contributed by atoms with Gasteiger partial charge in [-0.3, -0.25) is 0 Å². The minimum absolute atomic E-state index is 0.728. The van der Waals surface area contributed by atoms with E-state index >= 15 is 0 Å². The normalized spacial score (nSPS) is 17.8. The van der Waals surface area contributed by atoms with E-state index in [0.29, 0.717) is 0 Å². The van der Waals surface area contributed by atoms with Crippen LogP contribution in [0.25, 0.3) is 15.9 Å². The predicted molar refractivity (Wildman–Crippen MR) is 114 cm³/mol. The first kappa shape index (κ1) is 17.5. The van der Waals surface area contributed by atoms with Gasteiger partial charge in [-0.1, -0.05) is 0 Å². The average Bonchev–Trinajstić information content (AvgIpc) is 3.23. The lowest BCUT2D eigenvalue weighted by Gasteiger charge is -2.29. The molecule has 5 heterocycles. The van der Waals surface area contributed by atoms with Crippen molar-refractivity contribution in [1.29, 1.82) is 0 Å². The van der Waals surface area contributed by atoms with Crippen LogP contribution >= 0.6 is 11.8 Å². The Bertz CT molecular complexity index is 1030. The van der Waals surface area contributed by atoms with Gasteiger partial charge in [0.05, 0.1) is 13.2 Å². The van der Waals surface area contributed by atoms with Crippen LogP contribution in [0.4, 0.5) is 11.8 Å². The maximum Gasteiger partial charge on any atom is 0.227 e. The van der Waals surface area contributed by atoms with Gasteiger partial charge in [-0.05, 0) is 19.1 Å². The fourth-order valence-electron chi connectivity index (χ4n) is 3.59. The highest BCUT2D eigenvalue weighted by Gasteiger charge is 2.20. The van der Waals surface area contributed by atoms with Crippen molar-refractivity contribution in [2.24, 2.45) is 0 Å². The summed E-state index contributed by atoms with van der Waals surface area (Å²) in [5, 5.41) is 1.15. The Labute approximate surface area is 167 Å². The molecule has 0 aromatic carbocycles. The second-order valence-corrected chi connectivity index (χ2v) is 8.04. The molecular weight excluding hydrogens is 372 g/mol. The summed E-state index contributed by atoms with van der Waals surface area (Å²) in [5.41, 5.74) is 3.11. The molecule has 0 atom stereocenters. The molecule has 5 rings (SSSR count). The van der Waals surface area contributed by atoms with E-state index in [-0.39, 0.29) is 0 Å². The average molecular weight is 395 g/mol. The molecule has 3 aromatic heterocycles. The Morgan fingerprint density at radius 1 is 1.14 bits per heavy atom. The van der Waals surface area contributed by atoms with Crippen molar-refractivity contribution in [1.82, 2.24) is 19.9 Å². The van der Waals surface area contributed by atoms with Crippen LogP contribution < -0.4 is 9.80 Å². The Morgan fingerprint density at radius 2 is 2.04 bits per heavy atom. The van der Waals surface area contributed by atoms with E-state index in [1.165, 1.54) is 10.5 Å². The summed E-state index contributed by atoms with van der Waals surface area (Å²) in [6.07, 6.45) is 6.01. The highest BCUT2D eigenvalue weighted by Crippen LogP contribution is 2.36. The molecule has 144 valence electrons. The van der Waals surface area contributed by atoms with Crippen LogP contribution in [-0.4, -0.2) is 58.5 Å². The van der Waals surface area contributed by atoms with Gasteiger partial charge in [-0.15, -0.1) is 11.8 Å². The first-order valence-corrected chi connectivity index (χ1v) is 10.5. The zero-order valence-electron chi connectivity index (χ0n) is 15.8. The van der Waals surface area contributed by atoms with Gasteiger partial charge in [0.25, 0.3) is 0 Å². The van der Waals surface area contributed by atoms with Crippen molar-refractivity contribution in [2.75, 3.05) is 48.4 Å². The van der Waals surface area contributed by atoms with Gasteiger partial charge in [0.1, 0.15) is 11.5 Å². The number of ether oxygens (including phenoxy) is 1. The molecule has 0 unspecified atom stereocenters. The number of morpholine rings is 1. The quantitative estimate of drug-likeness (QED) is 0.732. The zero-order chi connectivity index (χ0) is 18.9. The first-order chi connectivity index (χ1) is 13.8. The number of hydrogen-bond acceptors (Lipinski definition) is 7. The highest BCUT2D eigenvalue weighted by atomic mass is 32.2. The third-order valence-electron chi connectivity index (χ3n) is 5.01. The van der Waals surface area contributed by atoms with E-state index in [1.807, 2.05) is 31.1 Å². The number of H-pyrrole nitrogens is 1. The largest absolute Gasteiger partial charge is 0.378 e. The molecule has 0 saturated carbocycles. The lowest BCUT2D eigenvalue weighted by atomic mass is 10.2. The van der Waals surface area contributed by atoms with E-state index in [9.17, 15) is 0 Å². The lowest BCUT2D eigenvalue weighted by Crippen LogP contribution is -2.37. The summed E-state index contributed by atoms with van der Waals surface area (Å²) < 4.78 is 5.46. The van der Waals surface area contributed by atoms with E-state index in [4.69, 9.17) is 9.72 Å². The maximum absolute atomic E-state index is 5.46. The molecule has 0 aliphatic carbocycles. The molecule has 1 fully saturated rings. The summed E-state index contributed by atoms with van der Waals surface area (Å²) >= 11 is 1.88. The second-order valence-electron chi connectivity index (χ2n) is 6.90.